The van der Waals surface area contributed by atoms with Gasteiger partial charge in [-0.25, -0.2) is 0 Å². The van der Waals surface area contributed by atoms with Crippen molar-refractivity contribution in [2.75, 3.05) is 31.1 Å². The van der Waals surface area contributed by atoms with Crippen molar-refractivity contribution in [3.63, 3.8) is 0 Å². The van der Waals surface area contributed by atoms with Crippen LogP contribution < -0.4 is 4.90 Å². The van der Waals surface area contributed by atoms with Crippen LogP contribution in [0.3, 0.4) is 0 Å². The van der Waals surface area contributed by atoms with E-state index in [2.05, 4.69) is 4.90 Å². The number of piperazine rings is 1. The summed E-state index contributed by atoms with van der Waals surface area (Å²) in [6, 6.07) is 5.98. The van der Waals surface area contributed by atoms with Crippen molar-refractivity contribution in [1.82, 2.24) is 9.80 Å². The lowest BCUT2D eigenvalue weighted by Crippen LogP contribution is -2.53. The molecule has 178 valence electrons. The highest BCUT2D eigenvalue weighted by Crippen LogP contribution is 2.39. The molecule has 0 aromatic heterocycles. The van der Waals surface area contributed by atoms with Gasteiger partial charge in [0.15, 0.2) is 0 Å². The van der Waals surface area contributed by atoms with Gasteiger partial charge in [-0.1, -0.05) is 18.2 Å². The Kier molecular flexibility index (Phi) is 5.97. The van der Waals surface area contributed by atoms with E-state index in [1.54, 1.807) is 11.0 Å². The fourth-order valence-corrected chi connectivity index (χ4v) is 6.09. The van der Waals surface area contributed by atoms with Gasteiger partial charge < -0.3 is 4.90 Å². The summed E-state index contributed by atoms with van der Waals surface area (Å²) in [5.74, 6) is -0.284. The number of halogens is 3. The Balaban J connectivity index is 1.14. The molecule has 2 saturated heterocycles. The van der Waals surface area contributed by atoms with Gasteiger partial charge in [0.2, 0.25) is 11.8 Å². The summed E-state index contributed by atoms with van der Waals surface area (Å²) in [5.41, 5.74) is 0.0116. The number of imide groups is 1. The zero-order valence-electron chi connectivity index (χ0n) is 18.6. The van der Waals surface area contributed by atoms with Crippen LogP contribution in [0.4, 0.5) is 18.9 Å². The first-order valence-electron chi connectivity index (χ1n) is 12.0. The zero-order valence-corrected chi connectivity index (χ0v) is 18.6. The fraction of sp³-hybridized carbons (Fsp3) is 0.600. The van der Waals surface area contributed by atoms with Gasteiger partial charge in [0.05, 0.1) is 17.4 Å². The van der Waals surface area contributed by atoms with Crippen molar-refractivity contribution in [3.05, 3.63) is 42.0 Å². The molecule has 33 heavy (non-hydrogen) atoms. The van der Waals surface area contributed by atoms with Crippen molar-refractivity contribution >= 4 is 17.5 Å². The van der Waals surface area contributed by atoms with Crippen LogP contribution >= 0.6 is 0 Å². The number of hydrogen-bond acceptors (Lipinski definition) is 4. The van der Waals surface area contributed by atoms with Crippen LogP contribution in [-0.4, -0.2) is 59.9 Å². The van der Waals surface area contributed by atoms with Crippen molar-refractivity contribution < 1.29 is 22.8 Å². The zero-order chi connectivity index (χ0) is 23.2. The lowest BCUT2D eigenvalue weighted by atomic mass is 9.85. The molecule has 5 rings (SSSR count). The van der Waals surface area contributed by atoms with E-state index in [-0.39, 0.29) is 29.7 Å². The molecule has 4 aliphatic rings. The summed E-state index contributed by atoms with van der Waals surface area (Å²) < 4.78 is 39.1. The van der Waals surface area contributed by atoms with Crippen molar-refractivity contribution in [2.24, 2.45) is 11.8 Å². The number of anilines is 1. The van der Waals surface area contributed by atoms with Crippen LogP contribution in [0.5, 0.6) is 0 Å². The summed E-state index contributed by atoms with van der Waals surface area (Å²) in [4.78, 5) is 31.8. The number of nitrogens with zero attached hydrogens (tertiary/aromatic N) is 3. The number of carbonyl (C=O) groups is 2. The van der Waals surface area contributed by atoms with Gasteiger partial charge in [-0.3, -0.25) is 19.4 Å². The summed E-state index contributed by atoms with van der Waals surface area (Å²) in [7, 11) is 0. The molecule has 0 N–H and O–H groups in total. The third-order valence-electron chi connectivity index (χ3n) is 7.94. The minimum absolute atomic E-state index is 0.0123. The standard InChI is InChI=1S/C25H30F3N3O2/c26-25(27,28)17-4-3-5-20(16-17)30-14-12-29(13-15-30)18-8-10-19(11-9-18)31-23(32)21-6-1-2-7-22(21)24(31)33/h1-5,16,18-19,21-22H,6-15H2/t18?,19?,21-,22-/m0/s1. The molecule has 0 bridgehead atoms. The molecule has 2 aliphatic carbocycles. The molecule has 1 saturated carbocycles. The summed E-state index contributed by atoms with van der Waals surface area (Å²) >= 11 is 0. The van der Waals surface area contributed by atoms with Gasteiger partial charge in [-0.15, -0.1) is 0 Å². The molecule has 2 aliphatic heterocycles. The topological polar surface area (TPSA) is 43.9 Å². The maximum atomic E-state index is 13.0. The number of hydrogen-bond donors (Lipinski definition) is 0. The van der Waals surface area contributed by atoms with E-state index in [9.17, 15) is 22.8 Å². The minimum atomic E-state index is -4.33. The minimum Gasteiger partial charge on any atom is -0.369 e. The third-order valence-corrected chi connectivity index (χ3v) is 7.94. The van der Waals surface area contributed by atoms with Gasteiger partial charge in [-0.2, -0.15) is 13.2 Å². The molecule has 0 unspecified atom stereocenters. The number of amides is 2. The first kappa shape index (κ1) is 22.4. The van der Waals surface area contributed by atoms with Crippen molar-refractivity contribution in [2.45, 2.75) is 56.8 Å². The first-order valence-corrected chi connectivity index (χ1v) is 12.0. The molecular formula is C25H30F3N3O2. The van der Waals surface area contributed by atoms with Crippen LogP contribution in [0.2, 0.25) is 0 Å². The van der Waals surface area contributed by atoms with E-state index < -0.39 is 11.7 Å². The fourth-order valence-electron chi connectivity index (χ4n) is 6.09. The van der Waals surface area contributed by atoms with Gasteiger partial charge in [0.1, 0.15) is 0 Å². The second kappa shape index (κ2) is 8.78. The van der Waals surface area contributed by atoms with E-state index in [0.717, 1.165) is 44.8 Å². The van der Waals surface area contributed by atoms with Crippen LogP contribution in [0.25, 0.3) is 0 Å². The lowest BCUT2D eigenvalue weighted by Gasteiger charge is -2.43. The van der Waals surface area contributed by atoms with E-state index >= 15 is 0 Å². The maximum Gasteiger partial charge on any atom is 0.416 e. The number of allylic oxidation sites excluding steroid dienone is 2. The molecule has 3 fully saturated rings. The largest absolute Gasteiger partial charge is 0.416 e. The van der Waals surface area contributed by atoms with Gasteiger partial charge >= 0.3 is 6.18 Å². The van der Waals surface area contributed by atoms with Crippen molar-refractivity contribution in [1.29, 1.82) is 0 Å². The number of carbonyl (C=O) groups excluding carboxylic acids is 2. The molecule has 0 spiro atoms. The van der Waals surface area contributed by atoms with E-state index in [1.807, 2.05) is 17.1 Å². The normalized spacial score (nSPS) is 31.2. The lowest BCUT2D eigenvalue weighted by molar-refractivity contribution is -0.143. The highest BCUT2D eigenvalue weighted by molar-refractivity contribution is 6.05. The van der Waals surface area contributed by atoms with Crippen LogP contribution in [-0.2, 0) is 15.8 Å². The molecule has 2 heterocycles. The SMILES string of the molecule is O=C1[C@H]2CC=CC[C@@H]2C(=O)N1C1CCC(N2CCN(c3cccc(C(F)(F)F)c3)CC2)CC1. The Morgan fingerprint density at radius 3 is 1.94 bits per heavy atom. The average molecular weight is 462 g/mol. The Labute approximate surface area is 192 Å². The number of alkyl halides is 3. The van der Waals surface area contributed by atoms with Gasteiger partial charge in [0.25, 0.3) is 0 Å². The Bertz CT molecular complexity index is 905. The van der Waals surface area contributed by atoms with Gasteiger partial charge in [-0.05, 0) is 56.7 Å². The van der Waals surface area contributed by atoms with E-state index in [1.165, 1.54) is 12.1 Å². The molecule has 1 aromatic rings. The quantitative estimate of drug-likeness (QED) is 0.503. The highest BCUT2D eigenvalue weighted by Gasteiger charge is 2.50. The Morgan fingerprint density at radius 2 is 1.36 bits per heavy atom. The maximum absolute atomic E-state index is 13.0. The Hall–Kier alpha value is -2.35. The van der Waals surface area contributed by atoms with Crippen LogP contribution in [0.15, 0.2) is 36.4 Å². The van der Waals surface area contributed by atoms with E-state index in [0.29, 0.717) is 37.7 Å². The molecule has 1 aromatic carbocycles. The second-order valence-corrected chi connectivity index (χ2v) is 9.74. The highest BCUT2D eigenvalue weighted by atomic mass is 19.4. The van der Waals surface area contributed by atoms with Crippen LogP contribution in [0.1, 0.15) is 44.1 Å². The molecule has 0 radical (unpaired) electrons. The predicted molar refractivity (Wildman–Crippen MR) is 118 cm³/mol. The predicted octanol–water partition coefficient (Wildman–Crippen LogP) is 4.09. The second-order valence-electron chi connectivity index (χ2n) is 9.74. The third kappa shape index (κ3) is 4.29. The van der Waals surface area contributed by atoms with Crippen LogP contribution in [0, 0.1) is 11.8 Å². The average Bonchev–Trinajstić information content (AvgIpc) is 3.09. The number of benzene rings is 1. The molecule has 5 nitrogen and oxygen atoms in total. The number of likely N-dealkylation sites (tertiary alicyclic amines) is 1. The Morgan fingerprint density at radius 1 is 0.788 bits per heavy atom. The number of fused-ring (bicyclic) bond motifs is 1. The molecule has 2 atom stereocenters. The summed E-state index contributed by atoms with van der Waals surface area (Å²) in [5, 5.41) is 0. The molecule has 2 amide bonds. The van der Waals surface area contributed by atoms with E-state index in [4.69, 9.17) is 0 Å². The number of rotatable bonds is 3. The smallest absolute Gasteiger partial charge is 0.369 e. The summed E-state index contributed by atoms with van der Waals surface area (Å²) in [6.45, 7) is 3.01. The van der Waals surface area contributed by atoms with Crippen molar-refractivity contribution in [3.8, 4) is 0 Å². The molecular weight excluding hydrogens is 431 g/mol. The monoisotopic (exact) mass is 461 g/mol. The summed E-state index contributed by atoms with van der Waals surface area (Å²) in [6.07, 6.45) is 4.62. The van der Waals surface area contributed by atoms with Gasteiger partial charge in [0, 0.05) is 44.0 Å². The molecule has 8 heteroatoms. The first-order chi connectivity index (χ1) is 15.8.